The maximum Gasteiger partial charge on any atom is 0.109 e. The van der Waals surface area contributed by atoms with Crippen LogP contribution in [0.1, 0.15) is 32.6 Å². The van der Waals surface area contributed by atoms with Crippen LogP contribution in [0.5, 0.6) is 0 Å². The van der Waals surface area contributed by atoms with E-state index < -0.39 is 0 Å². The highest BCUT2D eigenvalue weighted by Gasteiger charge is 2.36. The molecular formula is C9H16N2. The van der Waals surface area contributed by atoms with E-state index in [1.54, 1.807) is 0 Å². The highest BCUT2D eigenvalue weighted by Crippen LogP contribution is 2.32. The van der Waals surface area contributed by atoms with Crippen LogP contribution >= 0.6 is 0 Å². The Morgan fingerprint density at radius 1 is 1.55 bits per heavy atom. The largest absolute Gasteiger partial charge is 0.302 e. The first-order valence-corrected chi connectivity index (χ1v) is 4.35. The predicted molar refractivity (Wildman–Crippen MR) is 45.0 cm³/mol. The number of rotatable bonds is 1. The van der Waals surface area contributed by atoms with E-state index in [1.807, 2.05) is 7.05 Å². The second-order valence-corrected chi connectivity index (χ2v) is 3.48. The van der Waals surface area contributed by atoms with E-state index in [2.05, 4.69) is 18.3 Å². The molecular weight excluding hydrogens is 136 g/mol. The normalized spacial score (nSPS) is 38.1. The van der Waals surface area contributed by atoms with E-state index in [1.165, 1.54) is 19.3 Å². The van der Waals surface area contributed by atoms with Crippen LogP contribution in [0.4, 0.5) is 0 Å². The number of nitrogens with one attached hydrogen (secondary N) is 1. The minimum Gasteiger partial charge on any atom is -0.302 e. The second kappa shape index (κ2) is 3.23. The zero-order valence-electron chi connectivity index (χ0n) is 7.35. The summed E-state index contributed by atoms with van der Waals surface area (Å²) in [5.41, 5.74) is -0.224. The topological polar surface area (TPSA) is 35.8 Å². The van der Waals surface area contributed by atoms with Gasteiger partial charge in [-0.25, -0.2) is 0 Å². The van der Waals surface area contributed by atoms with Crippen molar-refractivity contribution in [1.29, 1.82) is 5.26 Å². The van der Waals surface area contributed by atoms with Crippen molar-refractivity contribution in [2.24, 2.45) is 5.92 Å². The Morgan fingerprint density at radius 3 is 2.64 bits per heavy atom. The summed E-state index contributed by atoms with van der Waals surface area (Å²) < 4.78 is 0. The van der Waals surface area contributed by atoms with Crippen molar-refractivity contribution in [3.05, 3.63) is 0 Å². The average Bonchev–Trinajstić information content (AvgIpc) is 2.06. The van der Waals surface area contributed by atoms with Crippen LogP contribution in [-0.2, 0) is 0 Å². The molecule has 2 heteroatoms. The Bertz CT molecular complexity index is 171. The van der Waals surface area contributed by atoms with Crippen LogP contribution in [0.2, 0.25) is 0 Å². The summed E-state index contributed by atoms with van der Waals surface area (Å²) in [5, 5.41) is 12.2. The van der Waals surface area contributed by atoms with Crippen molar-refractivity contribution < 1.29 is 0 Å². The summed E-state index contributed by atoms with van der Waals surface area (Å²) in [5.74, 6) is 0.506. The number of nitrogens with zero attached hydrogens (tertiary/aromatic N) is 1. The van der Waals surface area contributed by atoms with Crippen molar-refractivity contribution in [2.45, 2.75) is 38.1 Å². The second-order valence-electron chi connectivity index (χ2n) is 3.48. The SMILES string of the molecule is CNC1(C#N)CCCCC1C. The van der Waals surface area contributed by atoms with Crippen molar-refractivity contribution in [1.82, 2.24) is 5.32 Å². The molecule has 1 aliphatic carbocycles. The van der Waals surface area contributed by atoms with E-state index in [0.717, 1.165) is 6.42 Å². The Kier molecular flexibility index (Phi) is 2.51. The maximum atomic E-state index is 9.00. The van der Waals surface area contributed by atoms with E-state index in [0.29, 0.717) is 5.92 Å². The molecule has 2 unspecified atom stereocenters. The third-order valence-corrected chi connectivity index (χ3v) is 2.95. The van der Waals surface area contributed by atoms with Gasteiger partial charge in [0.05, 0.1) is 6.07 Å². The fourth-order valence-corrected chi connectivity index (χ4v) is 1.94. The molecule has 0 bridgehead atoms. The van der Waals surface area contributed by atoms with Gasteiger partial charge in [-0.05, 0) is 25.8 Å². The molecule has 0 heterocycles. The lowest BCUT2D eigenvalue weighted by Gasteiger charge is -2.36. The molecule has 1 saturated carbocycles. The summed E-state index contributed by atoms with van der Waals surface area (Å²) >= 11 is 0. The highest BCUT2D eigenvalue weighted by atomic mass is 14.9. The number of hydrogen-bond acceptors (Lipinski definition) is 2. The van der Waals surface area contributed by atoms with E-state index in [9.17, 15) is 0 Å². The van der Waals surface area contributed by atoms with E-state index >= 15 is 0 Å². The van der Waals surface area contributed by atoms with Gasteiger partial charge in [0, 0.05) is 0 Å². The van der Waals surface area contributed by atoms with Crippen molar-refractivity contribution >= 4 is 0 Å². The Morgan fingerprint density at radius 2 is 2.27 bits per heavy atom. The van der Waals surface area contributed by atoms with Crippen LogP contribution in [0.25, 0.3) is 0 Å². The standard InChI is InChI=1S/C9H16N2/c1-8-5-3-4-6-9(8,7-10)11-2/h8,11H,3-6H2,1-2H3. The molecule has 1 rings (SSSR count). The van der Waals surface area contributed by atoms with Gasteiger partial charge in [0.1, 0.15) is 5.54 Å². The molecule has 1 fully saturated rings. The van der Waals surface area contributed by atoms with Gasteiger partial charge >= 0.3 is 0 Å². The van der Waals surface area contributed by atoms with Gasteiger partial charge in [-0.1, -0.05) is 19.8 Å². The van der Waals surface area contributed by atoms with Gasteiger partial charge in [0.2, 0.25) is 0 Å². The third-order valence-electron chi connectivity index (χ3n) is 2.95. The molecule has 0 aliphatic heterocycles. The monoisotopic (exact) mass is 152 g/mol. The van der Waals surface area contributed by atoms with Crippen molar-refractivity contribution in [3.63, 3.8) is 0 Å². The third kappa shape index (κ3) is 1.39. The molecule has 0 aromatic heterocycles. The van der Waals surface area contributed by atoms with Crippen LogP contribution in [0.15, 0.2) is 0 Å². The molecule has 11 heavy (non-hydrogen) atoms. The zero-order chi connectivity index (χ0) is 8.32. The van der Waals surface area contributed by atoms with E-state index in [4.69, 9.17) is 5.26 Å². The summed E-state index contributed by atoms with van der Waals surface area (Å²) in [6.07, 6.45) is 4.68. The maximum absolute atomic E-state index is 9.00. The van der Waals surface area contributed by atoms with Gasteiger partial charge in [-0.15, -0.1) is 0 Å². The molecule has 0 aromatic rings. The fraction of sp³-hybridized carbons (Fsp3) is 0.889. The molecule has 0 saturated heterocycles. The first-order valence-electron chi connectivity index (χ1n) is 4.35. The Balaban J connectivity index is 2.71. The molecule has 0 amide bonds. The highest BCUT2D eigenvalue weighted by molar-refractivity contribution is 5.10. The average molecular weight is 152 g/mol. The summed E-state index contributed by atoms with van der Waals surface area (Å²) in [4.78, 5) is 0. The lowest BCUT2D eigenvalue weighted by atomic mass is 9.75. The summed E-state index contributed by atoms with van der Waals surface area (Å²) in [6.45, 7) is 2.17. The first-order chi connectivity index (χ1) is 5.25. The van der Waals surface area contributed by atoms with Gasteiger partial charge in [0.25, 0.3) is 0 Å². The van der Waals surface area contributed by atoms with Crippen LogP contribution < -0.4 is 5.32 Å². The van der Waals surface area contributed by atoms with Gasteiger partial charge in [-0.3, -0.25) is 0 Å². The van der Waals surface area contributed by atoms with Crippen LogP contribution in [-0.4, -0.2) is 12.6 Å². The molecule has 0 aromatic carbocycles. The van der Waals surface area contributed by atoms with E-state index in [-0.39, 0.29) is 5.54 Å². The number of nitriles is 1. The Labute approximate surface area is 68.6 Å². The summed E-state index contributed by atoms with van der Waals surface area (Å²) in [6, 6.07) is 2.41. The van der Waals surface area contributed by atoms with Gasteiger partial charge in [0.15, 0.2) is 0 Å². The van der Waals surface area contributed by atoms with Crippen molar-refractivity contribution in [3.8, 4) is 6.07 Å². The molecule has 62 valence electrons. The molecule has 2 atom stereocenters. The first kappa shape index (κ1) is 8.55. The number of hydrogen-bond donors (Lipinski definition) is 1. The van der Waals surface area contributed by atoms with Gasteiger partial charge < -0.3 is 5.32 Å². The lowest BCUT2D eigenvalue weighted by Crippen LogP contribution is -2.49. The predicted octanol–water partition coefficient (Wildman–Crippen LogP) is 1.68. The quantitative estimate of drug-likeness (QED) is 0.620. The molecule has 1 N–H and O–H groups in total. The van der Waals surface area contributed by atoms with Crippen molar-refractivity contribution in [2.75, 3.05) is 7.05 Å². The minimum absolute atomic E-state index is 0.224. The fourth-order valence-electron chi connectivity index (χ4n) is 1.94. The minimum atomic E-state index is -0.224. The summed E-state index contributed by atoms with van der Waals surface area (Å²) in [7, 11) is 1.89. The molecule has 0 radical (unpaired) electrons. The van der Waals surface area contributed by atoms with Gasteiger partial charge in [-0.2, -0.15) is 5.26 Å². The Hall–Kier alpha value is -0.550. The lowest BCUT2D eigenvalue weighted by molar-refractivity contribution is 0.225. The van der Waals surface area contributed by atoms with Crippen LogP contribution in [0, 0.1) is 17.2 Å². The van der Waals surface area contributed by atoms with Crippen LogP contribution in [0.3, 0.4) is 0 Å². The molecule has 0 spiro atoms. The smallest absolute Gasteiger partial charge is 0.109 e. The molecule has 2 nitrogen and oxygen atoms in total. The zero-order valence-corrected chi connectivity index (χ0v) is 7.35. The molecule has 1 aliphatic rings.